The zero-order valence-electron chi connectivity index (χ0n) is 11.4. The first kappa shape index (κ1) is 13.6. The van der Waals surface area contributed by atoms with Crippen molar-refractivity contribution in [2.45, 2.75) is 18.9 Å². The molecule has 1 aliphatic rings. The van der Waals surface area contributed by atoms with Crippen molar-refractivity contribution in [3.05, 3.63) is 48.0 Å². The average Bonchev–Trinajstić information content (AvgIpc) is 3.01. The van der Waals surface area contributed by atoms with Gasteiger partial charge in [-0.2, -0.15) is 5.10 Å². The molecule has 0 bridgehead atoms. The zero-order chi connectivity index (χ0) is 14.8. The van der Waals surface area contributed by atoms with Crippen LogP contribution in [0.3, 0.4) is 0 Å². The van der Waals surface area contributed by atoms with E-state index in [1.54, 1.807) is 6.20 Å². The van der Waals surface area contributed by atoms with Crippen molar-refractivity contribution in [1.29, 1.82) is 0 Å². The van der Waals surface area contributed by atoms with E-state index in [1.807, 2.05) is 21.8 Å². The Morgan fingerprint density at radius 3 is 2.67 bits per heavy atom. The van der Waals surface area contributed by atoms with E-state index in [1.165, 1.54) is 12.1 Å². The molecular formula is C15H16FN3O2. The van der Waals surface area contributed by atoms with Gasteiger partial charge in [0.25, 0.3) is 0 Å². The van der Waals surface area contributed by atoms with Crippen LogP contribution in [0.15, 0.2) is 36.7 Å². The molecule has 0 spiro atoms. The van der Waals surface area contributed by atoms with Crippen LogP contribution in [0.2, 0.25) is 0 Å². The molecule has 1 fully saturated rings. The Balaban J connectivity index is 1.73. The first-order chi connectivity index (χ1) is 10.1. The summed E-state index contributed by atoms with van der Waals surface area (Å²) < 4.78 is 15.5. The molecule has 1 aliphatic heterocycles. The molecule has 2 heterocycles. The third-order valence-electron chi connectivity index (χ3n) is 3.86. The van der Waals surface area contributed by atoms with E-state index in [9.17, 15) is 9.18 Å². The molecule has 0 radical (unpaired) electrons. The third-order valence-corrected chi connectivity index (χ3v) is 3.86. The van der Waals surface area contributed by atoms with E-state index in [0.29, 0.717) is 11.7 Å². The summed E-state index contributed by atoms with van der Waals surface area (Å²) in [7, 11) is 0. The van der Waals surface area contributed by atoms with E-state index in [-0.39, 0.29) is 5.56 Å². The Labute approximate surface area is 121 Å². The van der Waals surface area contributed by atoms with Crippen LogP contribution < -0.4 is 4.90 Å². The molecule has 2 aromatic rings. The number of anilines is 1. The standard InChI is InChI=1S/C15H16FN3O2/c16-12-8-11(15(20)21)9-14(10-12)18-6-2-13(3-7-18)19-5-1-4-17-19/h1,4-5,8-10,13H,2-3,6-7H2,(H,20,21). The number of nitrogens with zero attached hydrogens (tertiary/aromatic N) is 3. The van der Waals surface area contributed by atoms with E-state index in [2.05, 4.69) is 5.10 Å². The van der Waals surface area contributed by atoms with Gasteiger partial charge in [0.1, 0.15) is 5.82 Å². The van der Waals surface area contributed by atoms with Crippen LogP contribution in [0.4, 0.5) is 10.1 Å². The summed E-state index contributed by atoms with van der Waals surface area (Å²) in [6, 6.07) is 6.21. The molecule has 110 valence electrons. The van der Waals surface area contributed by atoms with Crippen LogP contribution in [0.5, 0.6) is 0 Å². The molecular weight excluding hydrogens is 273 g/mol. The minimum Gasteiger partial charge on any atom is -0.478 e. The van der Waals surface area contributed by atoms with E-state index in [0.717, 1.165) is 32.0 Å². The highest BCUT2D eigenvalue weighted by atomic mass is 19.1. The molecule has 21 heavy (non-hydrogen) atoms. The lowest BCUT2D eigenvalue weighted by Gasteiger charge is -2.33. The van der Waals surface area contributed by atoms with Crippen molar-refractivity contribution < 1.29 is 14.3 Å². The molecule has 1 aromatic carbocycles. The van der Waals surface area contributed by atoms with Gasteiger partial charge >= 0.3 is 5.97 Å². The zero-order valence-corrected chi connectivity index (χ0v) is 11.4. The minimum absolute atomic E-state index is 0.0146. The molecule has 1 aromatic heterocycles. The van der Waals surface area contributed by atoms with Crippen LogP contribution in [-0.2, 0) is 0 Å². The van der Waals surface area contributed by atoms with E-state index < -0.39 is 11.8 Å². The van der Waals surface area contributed by atoms with E-state index >= 15 is 0 Å². The van der Waals surface area contributed by atoms with Crippen molar-refractivity contribution in [3.63, 3.8) is 0 Å². The Morgan fingerprint density at radius 2 is 2.05 bits per heavy atom. The predicted octanol–water partition coefficient (Wildman–Crippen LogP) is 2.56. The van der Waals surface area contributed by atoms with Crippen LogP contribution in [-0.4, -0.2) is 33.9 Å². The van der Waals surface area contributed by atoms with Crippen LogP contribution >= 0.6 is 0 Å². The summed E-state index contributed by atoms with van der Waals surface area (Å²) in [6.45, 7) is 1.51. The normalized spacial score (nSPS) is 16.1. The van der Waals surface area contributed by atoms with Gasteiger partial charge in [0, 0.05) is 31.2 Å². The number of rotatable bonds is 3. The molecule has 0 atom stereocenters. The second-order valence-electron chi connectivity index (χ2n) is 5.21. The maximum atomic E-state index is 13.5. The van der Waals surface area contributed by atoms with Gasteiger partial charge in [0.05, 0.1) is 11.6 Å². The van der Waals surface area contributed by atoms with Gasteiger partial charge in [-0.3, -0.25) is 4.68 Å². The summed E-state index contributed by atoms with van der Waals surface area (Å²) >= 11 is 0. The first-order valence-corrected chi connectivity index (χ1v) is 6.91. The molecule has 0 unspecified atom stereocenters. The van der Waals surface area contributed by atoms with Crippen molar-refractivity contribution in [2.24, 2.45) is 0 Å². The number of aromatic carboxylic acids is 1. The van der Waals surface area contributed by atoms with Crippen LogP contribution in [0.25, 0.3) is 0 Å². The number of aromatic nitrogens is 2. The smallest absolute Gasteiger partial charge is 0.335 e. The molecule has 0 saturated carbocycles. The Kier molecular flexibility index (Phi) is 3.60. The molecule has 3 rings (SSSR count). The number of carboxylic acids is 1. The number of piperidine rings is 1. The van der Waals surface area contributed by atoms with Gasteiger partial charge in [0.15, 0.2) is 0 Å². The number of hydrogen-bond acceptors (Lipinski definition) is 3. The molecule has 1 saturated heterocycles. The first-order valence-electron chi connectivity index (χ1n) is 6.91. The van der Waals surface area contributed by atoms with E-state index in [4.69, 9.17) is 5.11 Å². The maximum absolute atomic E-state index is 13.5. The predicted molar refractivity (Wildman–Crippen MR) is 76.1 cm³/mol. The second-order valence-corrected chi connectivity index (χ2v) is 5.21. The molecule has 6 heteroatoms. The van der Waals surface area contributed by atoms with Gasteiger partial charge < -0.3 is 10.0 Å². The van der Waals surface area contributed by atoms with Gasteiger partial charge in [0.2, 0.25) is 0 Å². The number of benzene rings is 1. The highest BCUT2D eigenvalue weighted by Gasteiger charge is 2.22. The summed E-state index contributed by atoms with van der Waals surface area (Å²) in [5, 5.41) is 13.3. The fourth-order valence-electron chi connectivity index (χ4n) is 2.77. The fraction of sp³-hybridized carbons (Fsp3) is 0.333. The van der Waals surface area contributed by atoms with Gasteiger partial charge in [-0.25, -0.2) is 9.18 Å². The Morgan fingerprint density at radius 1 is 1.29 bits per heavy atom. The second kappa shape index (κ2) is 5.55. The molecule has 1 N–H and O–H groups in total. The van der Waals surface area contributed by atoms with Crippen molar-refractivity contribution in [1.82, 2.24) is 9.78 Å². The SMILES string of the molecule is O=C(O)c1cc(F)cc(N2CCC(n3cccn3)CC2)c1. The Hall–Kier alpha value is -2.37. The fourth-order valence-corrected chi connectivity index (χ4v) is 2.77. The number of hydrogen-bond donors (Lipinski definition) is 1. The third kappa shape index (κ3) is 2.89. The summed E-state index contributed by atoms with van der Waals surface area (Å²) in [6.07, 6.45) is 5.52. The lowest BCUT2D eigenvalue weighted by Crippen LogP contribution is -2.35. The molecule has 5 nitrogen and oxygen atoms in total. The van der Waals surface area contributed by atoms with Gasteiger partial charge in [-0.15, -0.1) is 0 Å². The average molecular weight is 289 g/mol. The summed E-state index contributed by atoms with van der Waals surface area (Å²) in [4.78, 5) is 13.0. The van der Waals surface area contributed by atoms with Crippen LogP contribution in [0, 0.1) is 5.82 Å². The number of halogens is 1. The quantitative estimate of drug-likeness (QED) is 0.943. The van der Waals surface area contributed by atoms with Crippen molar-refractivity contribution in [3.8, 4) is 0 Å². The topological polar surface area (TPSA) is 58.4 Å². The summed E-state index contributed by atoms with van der Waals surface area (Å²) in [5.74, 6) is -1.62. The summed E-state index contributed by atoms with van der Waals surface area (Å²) in [5.41, 5.74) is 0.616. The monoisotopic (exact) mass is 289 g/mol. The molecule has 0 aliphatic carbocycles. The minimum atomic E-state index is -1.11. The number of carbonyl (C=O) groups is 1. The number of carboxylic acid groups (broad SMARTS) is 1. The Bertz CT molecular complexity index is 634. The van der Waals surface area contributed by atoms with Crippen molar-refractivity contribution in [2.75, 3.05) is 18.0 Å². The lowest BCUT2D eigenvalue weighted by molar-refractivity contribution is 0.0696. The lowest BCUT2D eigenvalue weighted by atomic mass is 10.0. The maximum Gasteiger partial charge on any atom is 0.335 e. The van der Waals surface area contributed by atoms with Gasteiger partial charge in [-0.05, 0) is 37.1 Å². The highest BCUT2D eigenvalue weighted by molar-refractivity contribution is 5.88. The van der Waals surface area contributed by atoms with Crippen LogP contribution in [0.1, 0.15) is 29.2 Å². The highest BCUT2D eigenvalue weighted by Crippen LogP contribution is 2.27. The van der Waals surface area contributed by atoms with Crippen molar-refractivity contribution >= 4 is 11.7 Å². The largest absolute Gasteiger partial charge is 0.478 e. The molecule has 0 amide bonds. The van der Waals surface area contributed by atoms with Gasteiger partial charge in [-0.1, -0.05) is 0 Å².